The van der Waals surface area contributed by atoms with Gasteiger partial charge in [0.05, 0.1) is 11.6 Å². The quantitative estimate of drug-likeness (QED) is 0.679. The Kier molecular flexibility index (Phi) is 5.16. The zero-order chi connectivity index (χ0) is 19.5. The lowest BCUT2D eigenvalue weighted by Crippen LogP contribution is -2.24. The van der Waals surface area contributed by atoms with Crippen LogP contribution in [-0.4, -0.2) is 16.8 Å². The van der Waals surface area contributed by atoms with Crippen LogP contribution in [0.1, 0.15) is 39.7 Å². The largest absolute Gasteiger partial charge is 0.325 e. The number of carbonyl (C=O) groups is 2. The molecule has 0 saturated carbocycles. The van der Waals surface area contributed by atoms with E-state index >= 15 is 0 Å². The topological polar surface area (TPSA) is 71.1 Å². The van der Waals surface area contributed by atoms with Crippen molar-refractivity contribution in [2.24, 2.45) is 0 Å². The molecule has 0 fully saturated rings. The van der Waals surface area contributed by atoms with E-state index in [4.69, 9.17) is 0 Å². The smallest absolute Gasteiger partial charge is 0.257 e. The summed E-state index contributed by atoms with van der Waals surface area (Å²) in [6.07, 6.45) is 2.37. The Balaban J connectivity index is 1.51. The standard InChI is InChI=1S/C21H18FN3O2S/c22-14-8-4-9-15(12-14)23-20(27)16-10-5-11-17-18(16)24-21(28-17)25-19(26)13-6-2-1-3-7-13/h1-4,6-9,12,16H,5,10-11H2,(H,23,27)(H,24,25,26). The highest BCUT2D eigenvalue weighted by molar-refractivity contribution is 7.16. The minimum absolute atomic E-state index is 0.210. The van der Waals surface area contributed by atoms with Crippen molar-refractivity contribution in [3.63, 3.8) is 0 Å². The van der Waals surface area contributed by atoms with Crippen LogP contribution in [0.15, 0.2) is 54.6 Å². The molecule has 28 heavy (non-hydrogen) atoms. The molecule has 1 aliphatic carbocycles. The number of aromatic nitrogens is 1. The van der Waals surface area contributed by atoms with Gasteiger partial charge in [-0.15, -0.1) is 11.3 Å². The number of rotatable bonds is 4. The maximum Gasteiger partial charge on any atom is 0.257 e. The molecular weight excluding hydrogens is 377 g/mol. The van der Waals surface area contributed by atoms with E-state index in [2.05, 4.69) is 15.6 Å². The van der Waals surface area contributed by atoms with Crippen molar-refractivity contribution in [1.82, 2.24) is 4.98 Å². The van der Waals surface area contributed by atoms with E-state index in [1.807, 2.05) is 6.07 Å². The number of benzene rings is 2. The van der Waals surface area contributed by atoms with Crippen LogP contribution in [0.3, 0.4) is 0 Å². The SMILES string of the molecule is O=C(Nc1nc2c(s1)CCCC2C(=O)Nc1cccc(F)c1)c1ccccc1. The lowest BCUT2D eigenvalue weighted by atomic mass is 9.90. The number of hydrogen-bond donors (Lipinski definition) is 2. The summed E-state index contributed by atoms with van der Waals surface area (Å²) in [5.41, 5.74) is 1.68. The zero-order valence-electron chi connectivity index (χ0n) is 14.9. The molecule has 0 radical (unpaired) electrons. The number of thiazole rings is 1. The molecule has 2 N–H and O–H groups in total. The molecule has 1 unspecified atom stereocenters. The van der Waals surface area contributed by atoms with Crippen LogP contribution in [-0.2, 0) is 11.2 Å². The molecule has 2 aromatic carbocycles. The first kappa shape index (κ1) is 18.3. The van der Waals surface area contributed by atoms with E-state index in [0.29, 0.717) is 28.5 Å². The second-order valence-corrected chi connectivity index (χ2v) is 7.68. The molecular formula is C21H18FN3O2S. The number of halogens is 1. The van der Waals surface area contributed by atoms with E-state index in [1.54, 1.807) is 36.4 Å². The highest BCUT2D eigenvalue weighted by Gasteiger charge is 2.30. The minimum Gasteiger partial charge on any atom is -0.325 e. The van der Waals surface area contributed by atoms with E-state index in [-0.39, 0.29) is 11.8 Å². The molecule has 5 nitrogen and oxygen atoms in total. The van der Waals surface area contributed by atoms with E-state index in [1.165, 1.54) is 23.5 Å². The first-order chi connectivity index (χ1) is 13.6. The highest BCUT2D eigenvalue weighted by atomic mass is 32.1. The predicted molar refractivity (Wildman–Crippen MR) is 107 cm³/mol. The number of hydrogen-bond acceptors (Lipinski definition) is 4. The molecule has 1 aromatic heterocycles. The van der Waals surface area contributed by atoms with Crippen molar-refractivity contribution < 1.29 is 14.0 Å². The van der Waals surface area contributed by atoms with Gasteiger partial charge in [0.1, 0.15) is 5.82 Å². The van der Waals surface area contributed by atoms with Crippen LogP contribution < -0.4 is 10.6 Å². The van der Waals surface area contributed by atoms with Gasteiger partial charge in [-0.25, -0.2) is 9.37 Å². The molecule has 0 saturated heterocycles. The van der Waals surface area contributed by atoms with Crippen molar-refractivity contribution in [2.45, 2.75) is 25.2 Å². The normalized spacial score (nSPS) is 15.5. The van der Waals surface area contributed by atoms with Crippen LogP contribution in [0.2, 0.25) is 0 Å². The summed E-state index contributed by atoms with van der Waals surface area (Å²) in [6, 6.07) is 14.7. The summed E-state index contributed by atoms with van der Waals surface area (Å²) in [4.78, 5) is 30.6. The number of anilines is 2. The summed E-state index contributed by atoms with van der Waals surface area (Å²) >= 11 is 1.41. The summed E-state index contributed by atoms with van der Waals surface area (Å²) in [5, 5.41) is 6.08. The molecule has 142 valence electrons. The molecule has 4 rings (SSSR count). The van der Waals surface area contributed by atoms with Gasteiger partial charge in [-0.1, -0.05) is 24.3 Å². The first-order valence-corrected chi connectivity index (χ1v) is 9.84. The molecule has 7 heteroatoms. The van der Waals surface area contributed by atoms with Crippen molar-refractivity contribution in [3.05, 3.63) is 76.5 Å². The Labute approximate surface area is 165 Å². The van der Waals surface area contributed by atoms with E-state index < -0.39 is 11.7 Å². The van der Waals surface area contributed by atoms with E-state index in [9.17, 15) is 14.0 Å². The highest BCUT2D eigenvalue weighted by Crippen LogP contribution is 2.37. The molecule has 1 aliphatic rings. The molecule has 0 aliphatic heterocycles. The van der Waals surface area contributed by atoms with Crippen LogP contribution >= 0.6 is 11.3 Å². The fourth-order valence-corrected chi connectivity index (χ4v) is 4.34. The summed E-state index contributed by atoms with van der Waals surface area (Å²) in [5.74, 6) is -1.25. The van der Waals surface area contributed by atoms with Gasteiger partial charge in [0.15, 0.2) is 5.13 Å². The third-order valence-electron chi connectivity index (χ3n) is 4.62. The fourth-order valence-electron chi connectivity index (χ4n) is 3.28. The second kappa shape index (κ2) is 7.90. The van der Waals surface area contributed by atoms with Crippen molar-refractivity contribution in [3.8, 4) is 0 Å². The number of amides is 2. The number of aryl methyl sites for hydroxylation is 1. The Morgan fingerprint density at radius 3 is 2.68 bits per heavy atom. The van der Waals surface area contributed by atoms with Gasteiger partial charge < -0.3 is 5.32 Å². The second-order valence-electron chi connectivity index (χ2n) is 6.59. The number of nitrogens with zero attached hydrogens (tertiary/aromatic N) is 1. The van der Waals surface area contributed by atoms with Crippen LogP contribution in [0, 0.1) is 5.82 Å². The number of fused-ring (bicyclic) bond motifs is 1. The van der Waals surface area contributed by atoms with Crippen molar-refractivity contribution in [2.75, 3.05) is 10.6 Å². The Bertz CT molecular complexity index is 1020. The van der Waals surface area contributed by atoms with Crippen LogP contribution in [0.5, 0.6) is 0 Å². The van der Waals surface area contributed by atoms with Gasteiger partial charge in [0.25, 0.3) is 5.91 Å². The van der Waals surface area contributed by atoms with Gasteiger partial charge >= 0.3 is 0 Å². The summed E-state index contributed by atoms with van der Waals surface area (Å²) in [6.45, 7) is 0. The molecule has 0 spiro atoms. The molecule has 1 atom stereocenters. The van der Waals surface area contributed by atoms with E-state index in [0.717, 1.165) is 17.7 Å². The lowest BCUT2D eigenvalue weighted by Gasteiger charge is -2.20. The maximum absolute atomic E-state index is 13.4. The monoisotopic (exact) mass is 395 g/mol. The average Bonchev–Trinajstić information content (AvgIpc) is 3.11. The third kappa shape index (κ3) is 3.94. The summed E-state index contributed by atoms with van der Waals surface area (Å²) in [7, 11) is 0. The summed E-state index contributed by atoms with van der Waals surface area (Å²) < 4.78 is 13.4. The van der Waals surface area contributed by atoms with Crippen LogP contribution in [0.25, 0.3) is 0 Å². The molecule has 3 aromatic rings. The minimum atomic E-state index is -0.411. The van der Waals surface area contributed by atoms with Gasteiger partial charge in [0.2, 0.25) is 5.91 Å². The molecule has 2 amide bonds. The first-order valence-electron chi connectivity index (χ1n) is 9.02. The number of nitrogens with one attached hydrogen (secondary N) is 2. The lowest BCUT2D eigenvalue weighted by molar-refractivity contribution is -0.117. The predicted octanol–water partition coefficient (Wildman–Crippen LogP) is 4.59. The molecule has 0 bridgehead atoms. The van der Waals surface area contributed by atoms with Gasteiger partial charge in [-0.05, 0) is 49.6 Å². The van der Waals surface area contributed by atoms with Gasteiger partial charge in [0, 0.05) is 16.1 Å². The van der Waals surface area contributed by atoms with Crippen molar-refractivity contribution in [1.29, 1.82) is 0 Å². The zero-order valence-corrected chi connectivity index (χ0v) is 15.8. The van der Waals surface area contributed by atoms with Gasteiger partial charge in [-0.3, -0.25) is 14.9 Å². The third-order valence-corrected chi connectivity index (χ3v) is 5.67. The Morgan fingerprint density at radius 2 is 1.89 bits per heavy atom. The van der Waals surface area contributed by atoms with Gasteiger partial charge in [-0.2, -0.15) is 0 Å². The average molecular weight is 395 g/mol. The fraction of sp³-hybridized carbons (Fsp3) is 0.190. The van der Waals surface area contributed by atoms with Crippen molar-refractivity contribution >= 4 is 34.0 Å². The Morgan fingerprint density at radius 1 is 1.07 bits per heavy atom. The maximum atomic E-state index is 13.4. The molecule has 1 heterocycles. The van der Waals surface area contributed by atoms with Crippen LogP contribution in [0.4, 0.5) is 15.2 Å². The Hall–Kier alpha value is -3.06. The number of carbonyl (C=O) groups excluding carboxylic acids is 2.